The molecule has 2 aromatic rings. The molecule has 0 amide bonds. The summed E-state index contributed by atoms with van der Waals surface area (Å²) in [4.78, 5) is 12.5. The van der Waals surface area contributed by atoms with Gasteiger partial charge in [-0.2, -0.15) is 0 Å². The van der Waals surface area contributed by atoms with Crippen LogP contribution in [-0.4, -0.2) is 12.6 Å². The number of carbonyl (C=O) groups excluding carboxylic acids is 1. The minimum absolute atomic E-state index is 0.252. The van der Waals surface area contributed by atoms with Crippen molar-refractivity contribution in [1.29, 1.82) is 0 Å². The van der Waals surface area contributed by atoms with Crippen molar-refractivity contribution >= 4 is 29.2 Å². The molecule has 0 atom stereocenters. The van der Waals surface area contributed by atoms with Crippen LogP contribution in [0.5, 0.6) is 0 Å². The molecular formula is C18H18Cl2O2. The lowest BCUT2D eigenvalue weighted by Crippen LogP contribution is -2.18. The van der Waals surface area contributed by atoms with Crippen molar-refractivity contribution < 1.29 is 9.53 Å². The van der Waals surface area contributed by atoms with Gasteiger partial charge in [-0.3, -0.25) is 4.79 Å². The number of rotatable bonds is 6. The Morgan fingerprint density at radius 3 is 1.82 bits per heavy atom. The van der Waals surface area contributed by atoms with Crippen LogP contribution in [-0.2, 0) is 9.53 Å². The van der Waals surface area contributed by atoms with Gasteiger partial charge in [-0.25, -0.2) is 0 Å². The van der Waals surface area contributed by atoms with E-state index in [1.165, 1.54) is 0 Å². The first-order valence-electron chi connectivity index (χ1n) is 7.29. The molecule has 0 bridgehead atoms. The predicted octanol–water partition coefficient (Wildman–Crippen LogP) is 5.47. The first-order chi connectivity index (χ1) is 10.6. The molecule has 22 heavy (non-hydrogen) atoms. The third kappa shape index (κ3) is 4.49. The van der Waals surface area contributed by atoms with E-state index in [0.717, 1.165) is 24.0 Å². The largest absolute Gasteiger partial charge is 0.465 e. The fourth-order valence-electron chi connectivity index (χ4n) is 2.18. The molecule has 4 heteroatoms. The van der Waals surface area contributed by atoms with E-state index in [0.29, 0.717) is 16.7 Å². The van der Waals surface area contributed by atoms with Gasteiger partial charge in [0, 0.05) is 10.0 Å². The summed E-state index contributed by atoms with van der Waals surface area (Å²) in [6.07, 6.45) is 1.85. The quantitative estimate of drug-likeness (QED) is 0.516. The van der Waals surface area contributed by atoms with Gasteiger partial charge in [0.15, 0.2) is 0 Å². The van der Waals surface area contributed by atoms with Gasteiger partial charge in [-0.05, 0) is 41.8 Å². The average molecular weight is 337 g/mol. The second-order valence-electron chi connectivity index (χ2n) is 5.06. The molecule has 0 aliphatic carbocycles. The third-order valence-electron chi connectivity index (χ3n) is 3.38. The molecule has 0 heterocycles. The summed E-state index contributed by atoms with van der Waals surface area (Å²) in [5.74, 6) is -0.718. The summed E-state index contributed by atoms with van der Waals surface area (Å²) < 4.78 is 5.41. The average Bonchev–Trinajstić information content (AvgIpc) is 2.52. The van der Waals surface area contributed by atoms with E-state index in [2.05, 4.69) is 6.92 Å². The maximum Gasteiger partial charge on any atom is 0.317 e. The smallest absolute Gasteiger partial charge is 0.317 e. The van der Waals surface area contributed by atoms with E-state index in [1.807, 2.05) is 24.3 Å². The van der Waals surface area contributed by atoms with E-state index in [9.17, 15) is 4.79 Å². The summed E-state index contributed by atoms with van der Waals surface area (Å²) in [5.41, 5.74) is 1.71. The number of unbranched alkanes of at least 4 members (excludes halogenated alkanes) is 1. The monoisotopic (exact) mass is 336 g/mol. The zero-order valence-corrected chi connectivity index (χ0v) is 13.9. The number of carbonyl (C=O) groups is 1. The van der Waals surface area contributed by atoms with Gasteiger partial charge in [-0.1, -0.05) is 60.8 Å². The standard InChI is InChI=1S/C18H18Cl2O2/c1-2-3-12-22-18(21)17(13-4-8-15(19)9-5-13)14-6-10-16(20)11-7-14/h4-11,17H,2-3,12H2,1H3. The van der Waals surface area contributed by atoms with Gasteiger partial charge in [0.25, 0.3) is 0 Å². The second-order valence-corrected chi connectivity index (χ2v) is 5.93. The fraction of sp³-hybridized carbons (Fsp3) is 0.278. The van der Waals surface area contributed by atoms with E-state index in [1.54, 1.807) is 24.3 Å². The molecule has 2 nitrogen and oxygen atoms in total. The third-order valence-corrected chi connectivity index (χ3v) is 3.89. The van der Waals surface area contributed by atoms with Crippen molar-refractivity contribution in [2.75, 3.05) is 6.61 Å². The van der Waals surface area contributed by atoms with Crippen LogP contribution in [0.2, 0.25) is 10.0 Å². The minimum Gasteiger partial charge on any atom is -0.465 e. The molecule has 0 aliphatic heterocycles. The minimum atomic E-state index is -0.466. The van der Waals surface area contributed by atoms with Crippen LogP contribution in [0, 0.1) is 0 Å². The maximum absolute atomic E-state index is 12.5. The number of halogens is 2. The Balaban J connectivity index is 2.29. The summed E-state index contributed by atoms with van der Waals surface area (Å²) in [7, 11) is 0. The predicted molar refractivity (Wildman–Crippen MR) is 90.6 cm³/mol. The SMILES string of the molecule is CCCCOC(=O)C(c1ccc(Cl)cc1)c1ccc(Cl)cc1. The van der Waals surface area contributed by atoms with Gasteiger partial charge in [0.2, 0.25) is 0 Å². The highest BCUT2D eigenvalue weighted by Crippen LogP contribution is 2.28. The molecule has 0 aromatic heterocycles. The fourth-order valence-corrected chi connectivity index (χ4v) is 2.43. The van der Waals surface area contributed by atoms with Crippen molar-refractivity contribution in [2.24, 2.45) is 0 Å². The normalized spacial score (nSPS) is 10.7. The Morgan fingerprint density at radius 2 is 1.41 bits per heavy atom. The van der Waals surface area contributed by atoms with Crippen LogP contribution >= 0.6 is 23.2 Å². The Morgan fingerprint density at radius 1 is 0.955 bits per heavy atom. The van der Waals surface area contributed by atoms with Crippen molar-refractivity contribution in [3.8, 4) is 0 Å². The van der Waals surface area contributed by atoms with Crippen molar-refractivity contribution in [1.82, 2.24) is 0 Å². The van der Waals surface area contributed by atoms with Gasteiger partial charge in [-0.15, -0.1) is 0 Å². The second kappa shape index (κ2) is 8.21. The van der Waals surface area contributed by atoms with Crippen molar-refractivity contribution in [2.45, 2.75) is 25.7 Å². The molecule has 0 spiro atoms. The van der Waals surface area contributed by atoms with Crippen LogP contribution in [0.15, 0.2) is 48.5 Å². The van der Waals surface area contributed by atoms with Crippen LogP contribution in [0.3, 0.4) is 0 Å². The van der Waals surface area contributed by atoms with Gasteiger partial charge in [0.1, 0.15) is 5.92 Å². The molecule has 0 saturated heterocycles. The number of benzene rings is 2. The first kappa shape index (κ1) is 16.9. The lowest BCUT2D eigenvalue weighted by molar-refractivity contribution is -0.144. The first-order valence-corrected chi connectivity index (χ1v) is 8.05. The summed E-state index contributed by atoms with van der Waals surface area (Å²) in [6.45, 7) is 2.50. The highest BCUT2D eigenvalue weighted by molar-refractivity contribution is 6.30. The molecule has 0 radical (unpaired) electrons. The Labute approximate surface area is 141 Å². The number of esters is 1. The molecular weight excluding hydrogens is 319 g/mol. The van der Waals surface area contributed by atoms with E-state index < -0.39 is 5.92 Å². The van der Waals surface area contributed by atoms with Gasteiger partial charge >= 0.3 is 5.97 Å². The molecule has 2 aromatic carbocycles. The van der Waals surface area contributed by atoms with Crippen LogP contribution in [0.4, 0.5) is 0 Å². The van der Waals surface area contributed by atoms with Crippen LogP contribution < -0.4 is 0 Å². The molecule has 0 N–H and O–H groups in total. The van der Waals surface area contributed by atoms with Gasteiger partial charge in [0.05, 0.1) is 6.61 Å². The summed E-state index contributed by atoms with van der Waals surface area (Å²) in [6, 6.07) is 14.5. The molecule has 0 fully saturated rings. The van der Waals surface area contributed by atoms with E-state index in [-0.39, 0.29) is 5.97 Å². The highest BCUT2D eigenvalue weighted by Gasteiger charge is 2.24. The number of ether oxygens (including phenoxy) is 1. The molecule has 116 valence electrons. The Kier molecular flexibility index (Phi) is 6.29. The molecule has 0 aliphatic rings. The zero-order chi connectivity index (χ0) is 15.9. The lowest BCUT2D eigenvalue weighted by Gasteiger charge is -2.17. The van der Waals surface area contributed by atoms with Crippen molar-refractivity contribution in [3.63, 3.8) is 0 Å². The Bertz CT molecular complexity index is 560. The van der Waals surface area contributed by atoms with Crippen molar-refractivity contribution in [3.05, 3.63) is 69.7 Å². The van der Waals surface area contributed by atoms with E-state index >= 15 is 0 Å². The maximum atomic E-state index is 12.5. The highest BCUT2D eigenvalue weighted by atomic mass is 35.5. The van der Waals surface area contributed by atoms with Crippen LogP contribution in [0.1, 0.15) is 36.8 Å². The topological polar surface area (TPSA) is 26.3 Å². The molecule has 0 unspecified atom stereocenters. The molecule has 2 rings (SSSR count). The number of hydrogen-bond acceptors (Lipinski definition) is 2. The summed E-state index contributed by atoms with van der Waals surface area (Å²) >= 11 is 11.9. The Hall–Kier alpha value is -1.51. The number of hydrogen-bond donors (Lipinski definition) is 0. The summed E-state index contributed by atoms with van der Waals surface area (Å²) in [5, 5.41) is 1.27. The van der Waals surface area contributed by atoms with Crippen LogP contribution in [0.25, 0.3) is 0 Å². The zero-order valence-electron chi connectivity index (χ0n) is 12.4. The lowest BCUT2D eigenvalue weighted by atomic mass is 9.91. The van der Waals surface area contributed by atoms with E-state index in [4.69, 9.17) is 27.9 Å². The molecule has 0 saturated carbocycles. The van der Waals surface area contributed by atoms with Gasteiger partial charge < -0.3 is 4.74 Å².